The number of sulfonamides is 1. The minimum absolute atomic E-state index is 0.0123. The second-order valence-electron chi connectivity index (χ2n) is 11.3. The molecule has 6 rings (SSSR count). The maximum absolute atomic E-state index is 13.7. The van der Waals surface area contributed by atoms with Gasteiger partial charge < -0.3 is 20.3 Å². The fourth-order valence-electron chi connectivity index (χ4n) is 5.63. The molecule has 2 fully saturated rings. The van der Waals surface area contributed by atoms with E-state index in [2.05, 4.69) is 25.7 Å². The van der Waals surface area contributed by atoms with Gasteiger partial charge in [-0.3, -0.25) is 9.89 Å². The number of carbonyl (C=O) groups is 1. The van der Waals surface area contributed by atoms with E-state index >= 15 is 0 Å². The Hall–Kier alpha value is -3.91. The average Bonchev–Trinajstić information content (AvgIpc) is 3.39. The van der Waals surface area contributed by atoms with Gasteiger partial charge >= 0.3 is 0 Å². The molecule has 3 heterocycles. The number of H-pyrrole nitrogens is 1. The molecule has 1 amide bonds. The van der Waals surface area contributed by atoms with Crippen LogP contribution in [0.2, 0.25) is 0 Å². The van der Waals surface area contributed by atoms with E-state index in [1.54, 1.807) is 6.07 Å². The second-order valence-corrected chi connectivity index (χ2v) is 13.2. The minimum atomic E-state index is -3.76. The summed E-state index contributed by atoms with van der Waals surface area (Å²) in [5, 5.41) is 14.1. The van der Waals surface area contributed by atoms with Crippen molar-refractivity contribution in [3.05, 3.63) is 82.9 Å². The van der Waals surface area contributed by atoms with Crippen LogP contribution >= 0.6 is 0 Å². The van der Waals surface area contributed by atoms with E-state index in [4.69, 9.17) is 4.74 Å². The lowest BCUT2D eigenvalue weighted by Gasteiger charge is -2.32. The predicted octanol–water partition coefficient (Wildman–Crippen LogP) is 4.21. The van der Waals surface area contributed by atoms with Gasteiger partial charge in [0.05, 0.1) is 16.0 Å². The Kier molecular flexibility index (Phi) is 8.63. The van der Waals surface area contributed by atoms with Crippen molar-refractivity contribution in [1.29, 1.82) is 0 Å². The van der Waals surface area contributed by atoms with Gasteiger partial charge in [-0.05, 0) is 79.9 Å². The van der Waals surface area contributed by atoms with Gasteiger partial charge in [-0.1, -0.05) is 6.07 Å². The molecule has 2 saturated heterocycles. The number of nitrogens with one attached hydrogen (secondary N) is 3. The van der Waals surface area contributed by atoms with Gasteiger partial charge in [0.25, 0.3) is 5.91 Å². The van der Waals surface area contributed by atoms with E-state index in [0.717, 1.165) is 24.5 Å². The van der Waals surface area contributed by atoms with Crippen LogP contribution in [0, 0.1) is 11.6 Å². The highest BCUT2D eigenvalue weighted by atomic mass is 32.2. The Labute approximate surface area is 254 Å². The van der Waals surface area contributed by atoms with Gasteiger partial charge in [-0.15, -0.1) is 0 Å². The lowest BCUT2D eigenvalue weighted by molar-refractivity contribution is 0.0904. The molecule has 0 spiro atoms. The van der Waals surface area contributed by atoms with Gasteiger partial charge in [-0.25, -0.2) is 17.2 Å². The molecule has 2 aliphatic heterocycles. The van der Waals surface area contributed by atoms with Crippen molar-refractivity contribution in [2.24, 2.45) is 0 Å². The van der Waals surface area contributed by atoms with Gasteiger partial charge in [0, 0.05) is 62.6 Å². The number of aromatic nitrogens is 2. The minimum Gasteiger partial charge on any atom is -0.381 e. The SMILES string of the molecule is CN1CCN(S(=O)(=O)c2ccc(C(=O)Nc3n[nH]c4ccc(Cc5cc(F)cc(F)c5)cc34)c(NC3CCOCC3)c2)CC1. The summed E-state index contributed by atoms with van der Waals surface area (Å²) in [6, 6.07) is 13.4. The molecule has 3 N–H and O–H groups in total. The van der Waals surface area contributed by atoms with Crippen LogP contribution in [-0.4, -0.2) is 86.2 Å². The first kappa shape index (κ1) is 30.1. The smallest absolute Gasteiger partial charge is 0.258 e. The maximum Gasteiger partial charge on any atom is 0.258 e. The van der Waals surface area contributed by atoms with Crippen molar-refractivity contribution in [2.75, 3.05) is 57.1 Å². The number of fused-ring (bicyclic) bond motifs is 1. The van der Waals surface area contributed by atoms with Crippen LogP contribution in [0.5, 0.6) is 0 Å². The number of nitrogens with zero attached hydrogens (tertiary/aromatic N) is 3. The Bertz CT molecular complexity index is 1760. The summed E-state index contributed by atoms with van der Waals surface area (Å²) in [4.78, 5) is 15.9. The second kappa shape index (κ2) is 12.6. The number of hydrogen-bond donors (Lipinski definition) is 3. The molecule has 4 aromatic rings. The van der Waals surface area contributed by atoms with E-state index < -0.39 is 27.6 Å². The topological polar surface area (TPSA) is 120 Å². The van der Waals surface area contributed by atoms with Gasteiger partial charge in [0.2, 0.25) is 10.0 Å². The Morgan fingerprint density at radius 1 is 0.977 bits per heavy atom. The largest absolute Gasteiger partial charge is 0.381 e. The number of benzene rings is 3. The molecule has 2 aliphatic rings. The average molecular weight is 625 g/mol. The Morgan fingerprint density at radius 3 is 2.43 bits per heavy atom. The molecule has 10 nitrogen and oxygen atoms in total. The number of amides is 1. The number of carbonyl (C=O) groups excluding carboxylic acids is 1. The molecular formula is C31H34F2N6O4S. The fraction of sp³-hybridized carbons (Fsp3) is 0.355. The zero-order valence-electron chi connectivity index (χ0n) is 24.3. The summed E-state index contributed by atoms with van der Waals surface area (Å²) in [5.41, 5.74) is 2.62. The van der Waals surface area contributed by atoms with E-state index in [1.807, 2.05) is 19.2 Å². The van der Waals surface area contributed by atoms with Crippen molar-refractivity contribution in [1.82, 2.24) is 19.4 Å². The van der Waals surface area contributed by atoms with Gasteiger partial charge in [0.1, 0.15) is 11.6 Å². The molecule has 1 aromatic heterocycles. The van der Waals surface area contributed by atoms with E-state index in [9.17, 15) is 22.0 Å². The van der Waals surface area contributed by atoms with Crippen molar-refractivity contribution in [2.45, 2.75) is 30.2 Å². The maximum atomic E-state index is 13.7. The molecule has 0 saturated carbocycles. The third-order valence-corrected chi connectivity index (χ3v) is 10.0. The van der Waals surface area contributed by atoms with Gasteiger partial charge in [0.15, 0.2) is 5.82 Å². The molecule has 0 unspecified atom stereocenters. The van der Waals surface area contributed by atoms with Crippen LogP contribution in [-0.2, 0) is 21.2 Å². The number of likely N-dealkylation sites (N-methyl/N-ethyl adjacent to an activating group) is 1. The number of aromatic amines is 1. The summed E-state index contributed by atoms with van der Waals surface area (Å²) >= 11 is 0. The summed E-state index contributed by atoms with van der Waals surface area (Å²) in [6.07, 6.45) is 1.72. The number of rotatable bonds is 8. The molecule has 3 aromatic carbocycles. The monoisotopic (exact) mass is 624 g/mol. The molecule has 232 valence electrons. The van der Waals surface area contributed by atoms with Crippen LogP contribution in [0.3, 0.4) is 0 Å². The van der Waals surface area contributed by atoms with Crippen LogP contribution in [0.1, 0.15) is 34.3 Å². The van der Waals surface area contributed by atoms with Crippen LogP contribution in [0.4, 0.5) is 20.3 Å². The van der Waals surface area contributed by atoms with Crippen molar-refractivity contribution >= 4 is 38.3 Å². The first-order valence-electron chi connectivity index (χ1n) is 14.6. The number of halogens is 2. The van der Waals surface area contributed by atoms with Crippen LogP contribution in [0.15, 0.2) is 59.5 Å². The van der Waals surface area contributed by atoms with Gasteiger partial charge in [-0.2, -0.15) is 9.40 Å². The molecule has 0 radical (unpaired) electrons. The zero-order chi connectivity index (χ0) is 30.8. The summed E-state index contributed by atoms with van der Waals surface area (Å²) in [6.45, 7) is 3.22. The Morgan fingerprint density at radius 2 is 1.70 bits per heavy atom. The first-order valence-corrected chi connectivity index (χ1v) is 16.0. The van der Waals surface area contributed by atoms with Crippen molar-refractivity contribution in [3.63, 3.8) is 0 Å². The molecule has 13 heteroatoms. The van der Waals surface area contributed by atoms with E-state index in [-0.39, 0.29) is 28.7 Å². The summed E-state index contributed by atoms with van der Waals surface area (Å²) in [7, 11) is -1.80. The standard InChI is InChI=1S/C31H34F2N6O4S/c1-38-8-10-39(11-9-38)44(41,42)25-3-4-26(29(19-25)34-24-6-12-43-13-7-24)31(40)35-30-27-17-20(2-5-28(27)36-37-30)14-21-15-22(32)18-23(33)16-21/h2-5,15-19,24,34H,6-14H2,1H3,(H2,35,36,37,40). The Balaban J connectivity index is 1.28. The highest BCUT2D eigenvalue weighted by molar-refractivity contribution is 7.89. The summed E-state index contributed by atoms with van der Waals surface area (Å²) in [5.74, 6) is -1.48. The number of ether oxygens (including phenoxy) is 1. The predicted molar refractivity (Wildman–Crippen MR) is 163 cm³/mol. The third-order valence-electron chi connectivity index (χ3n) is 8.11. The lowest BCUT2D eigenvalue weighted by Crippen LogP contribution is -2.47. The molecule has 0 aliphatic carbocycles. The van der Waals surface area contributed by atoms with Crippen LogP contribution < -0.4 is 10.6 Å². The normalized spacial score (nSPS) is 17.2. The lowest BCUT2D eigenvalue weighted by atomic mass is 10.0. The highest BCUT2D eigenvalue weighted by Crippen LogP contribution is 2.29. The molecule has 0 atom stereocenters. The highest BCUT2D eigenvalue weighted by Gasteiger charge is 2.29. The summed E-state index contributed by atoms with van der Waals surface area (Å²) < 4.78 is 61.5. The number of hydrogen-bond acceptors (Lipinski definition) is 7. The fourth-order valence-corrected chi connectivity index (χ4v) is 7.08. The van der Waals surface area contributed by atoms with Crippen molar-refractivity contribution in [3.8, 4) is 0 Å². The number of piperazine rings is 1. The third kappa shape index (κ3) is 6.60. The van der Waals surface area contributed by atoms with Crippen LogP contribution in [0.25, 0.3) is 10.9 Å². The molecule has 44 heavy (non-hydrogen) atoms. The van der Waals surface area contributed by atoms with E-state index in [0.29, 0.717) is 61.5 Å². The number of anilines is 2. The quantitative estimate of drug-likeness (QED) is 0.269. The molecular weight excluding hydrogens is 590 g/mol. The van der Waals surface area contributed by atoms with E-state index in [1.165, 1.54) is 34.6 Å². The molecule has 0 bridgehead atoms. The first-order chi connectivity index (χ1) is 21.2. The zero-order valence-corrected chi connectivity index (χ0v) is 25.1. The van der Waals surface area contributed by atoms with Crippen molar-refractivity contribution < 1.29 is 26.7 Å².